The summed E-state index contributed by atoms with van der Waals surface area (Å²) < 4.78 is 63.0. The number of benzene rings is 2. The minimum atomic E-state index is -4.44. The summed E-state index contributed by atoms with van der Waals surface area (Å²) in [5.41, 5.74) is 1.92. The van der Waals surface area contributed by atoms with E-state index >= 15 is 0 Å². The SMILES string of the molecule is O=C(CCSc1ccc(F)cc1)NNS(=O)(=O)c1cc(F)ccc1F. The van der Waals surface area contributed by atoms with Crippen LogP contribution in [0, 0.1) is 17.5 Å². The highest BCUT2D eigenvalue weighted by atomic mass is 32.2. The van der Waals surface area contributed by atoms with E-state index in [1.54, 1.807) is 17.0 Å². The van der Waals surface area contributed by atoms with Gasteiger partial charge in [0.1, 0.15) is 22.3 Å². The third-order valence-electron chi connectivity index (χ3n) is 2.92. The van der Waals surface area contributed by atoms with Crippen molar-refractivity contribution in [1.29, 1.82) is 0 Å². The smallest absolute Gasteiger partial charge is 0.260 e. The van der Waals surface area contributed by atoms with Crippen molar-refractivity contribution >= 4 is 27.7 Å². The van der Waals surface area contributed by atoms with Gasteiger partial charge in [-0.05, 0) is 42.5 Å². The minimum Gasteiger partial charge on any atom is -0.278 e. The van der Waals surface area contributed by atoms with Gasteiger partial charge in [-0.1, -0.05) is 0 Å². The molecule has 0 aliphatic carbocycles. The molecule has 0 saturated heterocycles. The Morgan fingerprint density at radius 1 is 1.00 bits per heavy atom. The third kappa shape index (κ3) is 5.76. The summed E-state index contributed by atoms with van der Waals surface area (Å²) in [5.74, 6) is -2.79. The second kappa shape index (κ2) is 8.37. The van der Waals surface area contributed by atoms with Crippen LogP contribution in [0.25, 0.3) is 0 Å². The molecule has 5 nitrogen and oxygen atoms in total. The van der Waals surface area contributed by atoms with E-state index in [1.165, 1.54) is 23.9 Å². The fourth-order valence-corrected chi connectivity index (χ4v) is 3.52. The molecule has 0 aromatic heterocycles. The molecule has 0 saturated carbocycles. The largest absolute Gasteiger partial charge is 0.278 e. The molecule has 0 bridgehead atoms. The van der Waals surface area contributed by atoms with Gasteiger partial charge in [0.25, 0.3) is 10.0 Å². The lowest BCUT2D eigenvalue weighted by molar-refractivity contribution is -0.121. The Morgan fingerprint density at radius 2 is 1.64 bits per heavy atom. The molecular weight excluding hydrogens is 377 g/mol. The summed E-state index contributed by atoms with van der Waals surface area (Å²) in [4.78, 5) is 13.2. The van der Waals surface area contributed by atoms with Gasteiger partial charge < -0.3 is 0 Å². The molecule has 134 valence electrons. The number of hydrazine groups is 1. The highest BCUT2D eigenvalue weighted by molar-refractivity contribution is 7.99. The summed E-state index contributed by atoms with van der Waals surface area (Å²) >= 11 is 1.28. The molecule has 0 fully saturated rings. The van der Waals surface area contributed by atoms with Gasteiger partial charge in [0.15, 0.2) is 0 Å². The molecule has 25 heavy (non-hydrogen) atoms. The van der Waals surface area contributed by atoms with E-state index in [1.807, 2.05) is 5.43 Å². The fourth-order valence-electron chi connectivity index (χ4n) is 1.72. The zero-order valence-corrected chi connectivity index (χ0v) is 14.3. The molecule has 0 heterocycles. The van der Waals surface area contributed by atoms with E-state index in [-0.39, 0.29) is 12.2 Å². The van der Waals surface area contributed by atoms with Crippen molar-refractivity contribution in [3.8, 4) is 0 Å². The van der Waals surface area contributed by atoms with Gasteiger partial charge in [-0.25, -0.2) is 21.6 Å². The standard InChI is InChI=1S/C15H13F3N2O3S2/c16-10-1-4-12(5-2-10)24-8-7-15(21)19-20-25(22,23)14-9-11(17)3-6-13(14)18/h1-6,9,20H,7-8H2,(H,19,21). The second-order valence-electron chi connectivity index (χ2n) is 4.78. The molecule has 2 rings (SSSR count). The van der Waals surface area contributed by atoms with Crippen molar-refractivity contribution in [1.82, 2.24) is 10.3 Å². The first-order chi connectivity index (χ1) is 11.8. The van der Waals surface area contributed by atoms with E-state index in [0.717, 1.165) is 11.0 Å². The lowest BCUT2D eigenvalue weighted by atomic mass is 10.3. The number of amides is 1. The summed E-state index contributed by atoms with van der Waals surface area (Å²) in [6, 6.07) is 7.62. The van der Waals surface area contributed by atoms with Crippen LogP contribution in [0.2, 0.25) is 0 Å². The zero-order valence-electron chi connectivity index (χ0n) is 12.6. The Balaban J connectivity index is 1.84. The van der Waals surface area contributed by atoms with Crippen molar-refractivity contribution in [2.24, 2.45) is 0 Å². The number of rotatable bonds is 7. The lowest BCUT2D eigenvalue weighted by Crippen LogP contribution is -2.42. The number of halogens is 3. The molecule has 0 aliphatic rings. The number of carbonyl (C=O) groups is 1. The normalized spacial score (nSPS) is 11.3. The topological polar surface area (TPSA) is 75.3 Å². The zero-order chi connectivity index (χ0) is 18.4. The number of hydrogen-bond acceptors (Lipinski definition) is 4. The number of hydrogen-bond donors (Lipinski definition) is 2. The molecule has 2 N–H and O–H groups in total. The predicted octanol–water partition coefficient (Wildman–Crippen LogP) is 2.60. The summed E-state index contributed by atoms with van der Waals surface area (Å²) in [6.07, 6.45) is -0.0454. The maximum atomic E-state index is 13.5. The highest BCUT2D eigenvalue weighted by Gasteiger charge is 2.20. The molecule has 0 spiro atoms. The third-order valence-corrected chi connectivity index (χ3v) is 5.20. The van der Waals surface area contributed by atoms with Crippen molar-refractivity contribution in [3.05, 3.63) is 59.9 Å². The van der Waals surface area contributed by atoms with Crippen molar-refractivity contribution in [2.75, 3.05) is 5.75 Å². The van der Waals surface area contributed by atoms with Crippen LogP contribution in [0.15, 0.2) is 52.3 Å². The molecule has 0 aliphatic heterocycles. The van der Waals surface area contributed by atoms with Crippen molar-refractivity contribution in [2.45, 2.75) is 16.2 Å². The average molecular weight is 390 g/mol. The van der Waals surface area contributed by atoms with Crippen LogP contribution in [0.5, 0.6) is 0 Å². The summed E-state index contributed by atoms with van der Waals surface area (Å²) in [6.45, 7) is 0. The first kappa shape index (κ1) is 19.3. The van der Waals surface area contributed by atoms with Gasteiger partial charge in [0.05, 0.1) is 0 Å². The van der Waals surface area contributed by atoms with Crippen LogP contribution in [0.1, 0.15) is 6.42 Å². The van der Waals surface area contributed by atoms with E-state index in [0.29, 0.717) is 17.9 Å². The van der Waals surface area contributed by atoms with Gasteiger partial charge in [-0.3, -0.25) is 10.2 Å². The van der Waals surface area contributed by atoms with Crippen molar-refractivity contribution < 1.29 is 26.4 Å². The maximum absolute atomic E-state index is 13.5. The molecule has 0 radical (unpaired) electrons. The van der Waals surface area contributed by atoms with Crippen LogP contribution < -0.4 is 10.3 Å². The second-order valence-corrected chi connectivity index (χ2v) is 7.60. The Hall–Kier alpha value is -2.04. The molecule has 0 unspecified atom stereocenters. The van der Waals surface area contributed by atoms with Gasteiger partial charge in [0, 0.05) is 17.1 Å². The number of carbonyl (C=O) groups excluding carboxylic acids is 1. The molecule has 2 aromatic rings. The summed E-state index contributed by atoms with van der Waals surface area (Å²) in [7, 11) is -4.44. The van der Waals surface area contributed by atoms with Gasteiger partial charge in [-0.2, -0.15) is 0 Å². The van der Waals surface area contributed by atoms with E-state index < -0.39 is 32.5 Å². The fraction of sp³-hybridized carbons (Fsp3) is 0.133. The Kier molecular flexibility index (Phi) is 6.45. The Morgan fingerprint density at radius 3 is 2.32 bits per heavy atom. The quantitative estimate of drug-likeness (QED) is 0.563. The molecule has 2 aromatic carbocycles. The summed E-state index contributed by atoms with van der Waals surface area (Å²) in [5, 5.41) is 0. The highest BCUT2D eigenvalue weighted by Crippen LogP contribution is 2.19. The van der Waals surface area contributed by atoms with Crippen LogP contribution >= 0.6 is 11.8 Å². The van der Waals surface area contributed by atoms with E-state index in [4.69, 9.17) is 0 Å². The molecule has 10 heteroatoms. The number of thioether (sulfide) groups is 1. The number of sulfonamides is 1. The molecule has 1 amide bonds. The first-order valence-corrected chi connectivity index (χ1v) is 9.39. The Labute approximate surface area is 146 Å². The van der Waals surface area contributed by atoms with E-state index in [9.17, 15) is 26.4 Å². The minimum absolute atomic E-state index is 0.0454. The predicted molar refractivity (Wildman–Crippen MR) is 86.6 cm³/mol. The van der Waals surface area contributed by atoms with Gasteiger partial charge in [0.2, 0.25) is 5.91 Å². The lowest BCUT2D eigenvalue weighted by Gasteiger charge is -2.09. The first-order valence-electron chi connectivity index (χ1n) is 6.92. The monoisotopic (exact) mass is 390 g/mol. The maximum Gasteiger partial charge on any atom is 0.260 e. The van der Waals surface area contributed by atoms with Gasteiger partial charge in [-0.15, -0.1) is 16.6 Å². The van der Waals surface area contributed by atoms with Crippen LogP contribution in [0.3, 0.4) is 0 Å². The molecule has 0 atom stereocenters. The number of nitrogens with one attached hydrogen (secondary N) is 2. The average Bonchev–Trinajstić information content (AvgIpc) is 2.57. The van der Waals surface area contributed by atoms with Crippen LogP contribution in [-0.2, 0) is 14.8 Å². The van der Waals surface area contributed by atoms with E-state index in [2.05, 4.69) is 0 Å². The van der Waals surface area contributed by atoms with Gasteiger partial charge >= 0.3 is 0 Å². The van der Waals surface area contributed by atoms with Crippen molar-refractivity contribution in [3.63, 3.8) is 0 Å². The molecular formula is C15H13F3N2O3S2. The van der Waals surface area contributed by atoms with Crippen LogP contribution in [-0.4, -0.2) is 20.1 Å². The Bertz CT molecular complexity index is 859. The van der Waals surface area contributed by atoms with Crippen LogP contribution in [0.4, 0.5) is 13.2 Å².